The van der Waals surface area contributed by atoms with Crippen LogP contribution in [0.5, 0.6) is 0 Å². The fourth-order valence-corrected chi connectivity index (χ4v) is 0.548. The van der Waals surface area contributed by atoms with Gasteiger partial charge in [-0.1, -0.05) is 0 Å². The van der Waals surface area contributed by atoms with E-state index in [-0.39, 0.29) is 0 Å². The van der Waals surface area contributed by atoms with Gasteiger partial charge in [-0.3, -0.25) is 4.79 Å². The van der Waals surface area contributed by atoms with E-state index in [9.17, 15) is 4.79 Å². The minimum absolute atomic E-state index is 0.401. The molecule has 1 nitrogen and oxygen atoms in total. The Morgan fingerprint density at radius 3 is 1.88 bits per heavy atom. The minimum atomic E-state index is -0.765. The Hall–Kier alpha value is 0.540. The average Bonchev–Trinajstić information content (AvgIpc) is 1.64. The van der Waals surface area contributed by atoms with E-state index in [2.05, 4.69) is 0 Å². The van der Waals surface area contributed by atoms with Crippen molar-refractivity contribution < 1.29 is 4.79 Å². The van der Waals surface area contributed by atoms with E-state index < -0.39 is 16.0 Å². The lowest BCUT2D eigenvalue weighted by Crippen LogP contribution is -2.17. The summed E-state index contributed by atoms with van der Waals surface area (Å²) in [6, 6.07) is 0. The highest BCUT2D eigenvalue weighted by molar-refractivity contribution is 6.70. The summed E-state index contributed by atoms with van der Waals surface area (Å²) in [7, 11) is 0. The van der Waals surface area contributed by atoms with Crippen LogP contribution in [0.1, 0.15) is 6.92 Å². The van der Waals surface area contributed by atoms with Gasteiger partial charge in [0.25, 0.3) is 0 Å². The Morgan fingerprint density at radius 2 is 1.88 bits per heavy atom. The fourth-order valence-electron chi connectivity index (χ4n) is 0.181. The maximum Gasteiger partial charge on any atom is 0.241 e. The van der Waals surface area contributed by atoms with Gasteiger partial charge in [0.1, 0.15) is 5.38 Å². The van der Waals surface area contributed by atoms with E-state index in [1.54, 1.807) is 6.92 Å². The molecule has 2 atom stereocenters. The van der Waals surface area contributed by atoms with Crippen molar-refractivity contribution in [3.63, 3.8) is 0 Å². The predicted octanol–water partition coefficient (Wildman–Crippen LogP) is 1.99. The Bertz CT molecular complexity index is 91.3. The van der Waals surface area contributed by atoms with Crippen molar-refractivity contribution in [2.45, 2.75) is 17.7 Å². The molecule has 0 aliphatic rings. The zero-order valence-electron chi connectivity index (χ0n) is 4.20. The Balaban J connectivity index is 3.64. The molecule has 0 aromatic heterocycles. The molecule has 0 saturated heterocycles. The molecule has 0 bridgehead atoms. The number of rotatable bonds is 2. The summed E-state index contributed by atoms with van der Waals surface area (Å²) < 4.78 is 0. The summed E-state index contributed by atoms with van der Waals surface area (Å²) in [4.78, 5) is 10.1. The monoisotopic (exact) mass is 174 g/mol. The van der Waals surface area contributed by atoms with Crippen LogP contribution in [0.15, 0.2) is 0 Å². The molecule has 0 saturated carbocycles. The predicted molar refractivity (Wildman–Crippen MR) is 35.8 cm³/mol. The van der Waals surface area contributed by atoms with Crippen LogP contribution in [0.3, 0.4) is 0 Å². The highest BCUT2D eigenvalue weighted by Crippen LogP contribution is 2.11. The number of hydrogen-bond acceptors (Lipinski definition) is 1. The summed E-state index contributed by atoms with van der Waals surface area (Å²) in [5, 5.41) is -1.77. The van der Waals surface area contributed by atoms with Crippen molar-refractivity contribution in [3.8, 4) is 0 Å². The molecule has 0 N–H and O–H groups in total. The van der Waals surface area contributed by atoms with E-state index in [0.29, 0.717) is 0 Å². The van der Waals surface area contributed by atoms with Gasteiger partial charge in [-0.2, -0.15) is 0 Å². The van der Waals surface area contributed by atoms with Crippen molar-refractivity contribution in [3.05, 3.63) is 0 Å². The SMILES string of the molecule is CC(Cl)C(Cl)C(=O)Cl. The van der Waals surface area contributed by atoms with E-state index in [1.165, 1.54) is 0 Å². The van der Waals surface area contributed by atoms with Gasteiger partial charge in [-0.25, -0.2) is 0 Å². The fraction of sp³-hybridized carbons (Fsp3) is 0.750. The first-order chi connectivity index (χ1) is 3.55. The summed E-state index contributed by atoms with van der Waals surface area (Å²) in [5.41, 5.74) is 0. The topological polar surface area (TPSA) is 17.1 Å². The average molecular weight is 175 g/mol. The third-order valence-corrected chi connectivity index (χ3v) is 1.92. The first kappa shape index (κ1) is 8.54. The molecule has 0 heterocycles. The van der Waals surface area contributed by atoms with Crippen molar-refractivity contribution in [2.75, 3.05) is 0 Å². The van der Waals surface area contributed by atoms with Crippen molar-refractivity contribution in [1.82, 2.24) is 0 Å². The molecular formula is C4H5Cl3O. The Labute approximate surface area is 62.9 Å². The van der Waals surface area contributed by atoms with E-state index in [1.807, 2.05) is 0 Å². The molecule has 0 aliphatic heterocycles. The van der Waals surface area contributed by atoms with Crippen LogP contribution in [0.2, 0.25) is 0 Å². The normalized spacial score (nSPS) is 17.5. The van der Waals surface area contributed by atoms with E-state index in [4.69, 9.17) is 34.8 Å². The van der Waals surface area contributed by atoms with Crippen molar-refractivity contribution in [2.24, 2.45) is 0 Å². The van der Waals surface area contributed by atoms with E-state index >= 15 is 0 Å². The molecule has 0 aromatic carbocycles. The highest BCUT2D eigenvalue weighted by atomic mass is 35.5. The zero-order chi connectivity index (χ0) is 6.73. The maximum atomic E-state index is 10.1. The van der Waals surface area contributed by atoms with Crippen LogP contribution in [0.4, 0.5) is 0 Å². The van der Waals surface area contributed by atoms with Gasteiger partial charge < -0.3 is 0 Å². The summed E-state index contributed by atoms with van der Waals surface area (Å²) in [6.45, 7) is 1.61. The first-order valence-corrected chi connectivity index (χ1v) is 3.28. The molecule has 0 amide bonds. The molecule has 0 radical (unpaired) electrons. The summed E-state index contributed by atoms with van der Waals surface area (Å²) in [6.07, 6.45) is 0. The third-order valence-electron chi connectivity index (χ3n) is 0.620. The standard InChI is InChI=1S/C4H5Cl3O/c1-2(5)3(6)4(7)8/h2-3H,1H3. The van der Waals surface area contributed by atoms with Gasteiger partial charge >= 0.3 is 0 Å². The van der Waals surface area contributed by atoms with Crippen LogP contribution in [0, 0.1) is 0 Å². The Morgan fingerprint density at radius 1 is 1.50 bits per heavy atom. The lowest BCUT2D eigenvalue weighted by atomic mass is 10.3. The van der Waals surface area contributed by atoms with Gasteiger partial charge in [-0.15, -0.1) is 23.2 Å². The smallest absolute Gasteiger partial charge is 0.241 e. The number of hydrogen-bond donors (Lipinski definition) is 0. The van der Waals surface area contributed by atoms with Gasteiger partial charge in [-0.05, 0) is 18.5 Å². The lowest BCUT2D eigenvalue weighted by molar-refractivity contribution is -0.111. The number of halogens is 3. The van der Waals surface area contributed by atoms with Crippen molar-refractivity contribution >= 4 is 40.0 Å². The lowest BCUT2D eigenvalue weighted by Gasteiger charge is -2.03. The summed E-state index contributed by atoms with van der Waals surface area (Å²) >= 11 is 15.7. The van der Waals surface area contributed by atoms with Crippen LogP contribution in [-0.2, 0) is 4.79 Å². The molecule has 4 heteroatoms. The third kappa shape index (κ3) is 2.75. The molecule has 48 valence electrons. The van der Waals surface area contributed by atoms with Gasteiger partial charge in [0.05, 0.1) is 5.38 Å². The van der Waals surface area contributed by atoms with Gasteiger partial charge in [0, 0.05) is 0 Å². The van der Waals surface area contributed by atoms with Crippen LogP contribution < -0.4 is 0 Å². The molecule has 2 unspecified atom stereocenters. The number of carbonyl (C=O) groups is 1. The second-order valence-electron chi connectivity index (χ2n) is 1.38. The highest BCUT2D eigenvalue weighted by Gasteiger charge is 2.17. The second kappa shape index (κ2) is 3.54. The quantitative estimate of drug-likeness (QED) is 0.463. The van der Waals surface area contributed by atoms with Crippen LogP contribution in [-0.4, -0.2) is 16.0 Å². The zero-order valence-corrected chi connectivity index (χ0v) is 6.46. The number of carbonyl (C=O) groups excluding carboxylic acids is 1. The number of alkyl halides is 2. The molecule has 0 fully saturated rings. The minimum Gasteiger partial charge on any atom is -0.280 e. The molecule has 0 aromatic rings. The molecule has 0 spiro atoms. The molecule has 8 heavy (non-hydrogen) atoms. The molecular weight excluding hydrogens is 170 g/mol. The maximum absolute atomic E-state index is 10.1. The van der Waals surface area contributed by atoms with E-state index in [0.717, 1.165) is 0 Å². The summed E-state index contributed by atoms with van der Waals surface area (Å²) in [5.74, 6) is 0. The Kier molecular flexibility index (Phi) is 3.78. The molecule has 0 aliphatic carbocycles. The van der Waals surface area contributed by atoms with Gasteiger partial charge in [0.15, 0.2) is 0 Å². The van der Waals surface area contributed by atoms with Gasteiger partial charge in [0.2, 0.25) is 5.24 Å². The largest absolute Gasteiger partial charge is 0.280 e. The van der Waals surface area contributed by atoms with Crippen molar-refractivity contribution in [1.29, 1.82) is 0 Å². The molecule has 0 rings (SSSR count). The second-order valence-corrected chi connectivity index (χ2v) is 2.91. The first-order valence-electron chi connectivity index (χ1n) is 2.03. The van der Waals surface area contributed by atoms with Crippen LogP contribution >= 0.6 is 34.8 Å². The van der Waals surface area contributed by atoms with Crippen LogP contribution in [0.25, 0.3) is 0 Å².